The van der Waals surface area contributed by atoms with Crippen LogP contribution in [-0.2, 0) is 14.3 Å². The molecule has 20 heavy (non-hydrogen) atoms. The van der Waals surface area contributed by atoms with Gasteiger partial charge in [-0.2, -0.15) is 0 Å². The molecule has 0 bridgehead atoms. The predicted octanol–water partition coefficient (Wildman–Crippen LogP) is 1.10. The molecular weight excluding hydrogens is 258 g/mol. The second-order valence-corrected chi connectivity index (χ2v) is 5.32. The topological polar surface area (TPSA) is 66.8 Å². The largest absolute Gasteiger partial charge is 0.480 e. The molecule has 1 amide bonds. The van der Waals surface area contributed by atoms with Gasteiger partial charge in [-0.3, -0.25) is 4.79 Å². The summed E-state index contributed by atoms with van der Waals surface area (Å²) in [6, 6.07) is 9.07. The van der Waals surface area contributed by atoms with E-state index in [1.165, 1.54) is 4.90 Å². The van der Waals surface area contributed by atoms with E-state index in [2.05, 4.69) is 0 Å². The van der Waals surface area contributed by atoms with Crippen molar-refractivity contribution in [1.29, 1.82) is 0 Å². The van der Waals surface area contributed by atoms with Gasteiger partial charge in [0.05, 0.1) is 13.2 Å². The molecule has 1 saturated heterocycles. The first-order valence-electron chi connectivity index (χ1n) is 6.84. The van der Waals surface area contributed by atoms with E-state index in [9.17, 15) is 9.59 Å². The zero-order chi connectivity index (χ0) is 14.1. The highest BCUT2D eigenvalue weighted by Crippen LogP contribution is 2.48. The lowest BCUT2D eigenvalue weighted by atomic mass is 10.1. The second-order valence-electron chi connectivity index (χ2n) is 5.32. The van der Waals surface area contributed by atoms with Crippen molar-refractivity contribution in [2.75, 3.05) is 19.8 Å². The molecule has 106 valence electrons. The number of nitrogens with zero attached hydrogens (tertiary/aromatic N) is 1. The summed E-state index contributed by atoms with van der Waals surface area (Å²) in [5, 5.41) is 9.17. The van der Waals surface area contributed by atoms with Gasteiger partial charge in [0.1, 0.15) is 0 Å². The van der Waals surface area contributed by atoms with Gasteiger partial charge in [-0.25, -0.2) is 4.79 Å². The van der Waals surface area contributed by atoms with Crippen molar-refractivity contribution < 1.29 is 19.4 Å². The summed E-state index contributed by atoms with van der Waals surface area (Å²) in [7, 11) is 0. The molecule has 1 aliphatic carbocycles. The first-order chi connectivity index (χ1) is 9.68. The lowest BCUT2D eigenvalue weighted by Gasteiger charge is -2.33. The molecule has 0 spiro atoms. The molecule has 2 fully saturated rings. The smallest absolute Gasteiger partial charge is 0.328 e. The molecule has 0 radical (unpaired) electrons. The van der Waals surface area contributed by atoms with Crippen LogP contribution in [0.15, 0.2) is 30.3 Å². The third kappa shape index (κ3) is 2.41. The van der Waals surface area contributed by atoms with Crippen molar-refractivity contribution in [1.82, 2.24) is 4.90 Å². The Kier molecular flexibility index (Phi) is 3.44. The van der Waals surface area contributed by atoms with Gasteiger partial charge in [-0.15, -0.1) is 0 Å². The number of benzene rings is 1. The van der Waals surface area contributed by atoms with Crippen LogP contribution in [0.5, 0.6) is 0 Å². The molecule has 3 rings (SSSR count). The number of hydrogen-bond acceptors (Lipinski definition) is 3. The number of carbonyl (C=O) groups is 2. The number of hydrogen-bond donors (Lipinski definition) is 1. The standard InChI is InChI=1S/C15H17NO4/c17-14(16-6-7-20-9-13(16)15(18)19)12-8-11(12)10-4-2-1-3-5-10/h1-5,11-13H,6-9H2,(H,18,19). The van der Waals surface area contributed by atoms with Crippen LogP contribution >= 0.6 is 0 Å². The number of amides is 1. The van der Waals surface area contributed by atoms with Crippen LogP contribution in [0.3, 0.4) is 0 Å². The van der Waals surface area contributed by atoms with Gasteiger partial charge in [0.2, 0.25) is 5.91 Å². The molecule has 1 heterocycles. The Labute approximate surface area is 117 Å². The van der Waals surface area contributed by atoms with E-state index >= 15 is 0 Å². The quantitative estimate of drug-likeness (QED) is 0.897. The highest BCUT2D eigenvalue weighted by Gasteiger charge is 2.48. The highest BCUT2D eigenvalue weighted by atomic mass is 16.5. The Balaban J connectivity index is 1.69. The molecule has 2 aliphatic rings. The fourth-order valence-electron chi connectivity index (χ4n) is 2.82. The van der Waals surface area contributed by atoms with Gasteiger partial charge in [-0.1, -0.05) is 30.3 Å². The lowest BCUT2D eigenvalue weighted by Crippen LogP contribution is -2.53. The Morgan fingerprint density at radius 2 is 2.00 bits per heavy atom. The minimum Gasteiger partial charge on any atom is -0.480 e. The molecule has 5 nitrogen and oxygen atoms in total. The maximum absolute atomic E-state index is 12.5. The summed E-state index contributed by atoms with van der Waals surface area (Å²) < 4.78 is 5.16. The van der Waals surface area contributed by atoms with E-state index in [1.807, 2.05) is 30.3 Å². The fourth-order valence-corrected chi connectivity index (χ4v) is 2.82. The summed E-state index contributed by atoms with van der Waals surface area (Å²) in [4.78, 5) is 25.1. The average Bonchev–Trinajstić information content (AvgIpc) is 3.28. The van der Waals surface area contributed by atoms with Crippen LogP contribution in [0.4, 0.5) is 0 Å². The van der Waals surface area contributed by atoms with E-state index in [4.69, 9.17) is 9.84 Å². The van der Waals surface area contributed by atoms with Crippen LogP contribution in [0.1, 0.15) is 17.9 Å². The molecule has 1 aromatic carbocycles. The first-order valence-corrected chi connectivity index (χ1v) is 6.84. The minimum atomic E-state index is -0.991. The number of rotatable bonds is 3. The zero-order valence-electron chi connectivity index (χ0n) is 11.1. The average molecular weight is 275 g/mol. The number of ether oxygens (including phenoxy) is 1. The summed E-state index contributed by atoms with van der Waals surface area (Å²) in [6.07, 6.45) is 0.812. The van der Waals surface area contributed by atoms with Crippen LogP contribution < -0.4 is 0 Å². The van der Waals surface area contributed by atoms with E-state index in [0.717, 1.165) is 12.0 Å². The van der Waals surface area contributed by atoms with E-state index in [0.29, 0.717) is 13.2 Å². The third-order valence-electron chi connectivity index (χ3n) is 4.03. The lowest BCUT2D eigenvalue weighted by molar-refractivity contribution is -0.158. The van der Waals surface area contributed by atoms with Crippen LogP contribution in [-0.4, -0.2) is 47.7 Å². The number of carboxylic acid groups (broad SMARTS) is 1. The Bertz CT molecular complexity index is 516. The predicted molar refractivity (Wildman–Crippen MR) is 71.2 cm³/mol. The molecule has 0 aromatic heterocycles. The molecule has 1 N–H and O–H groups in total. The SMILES string of the molecule is O=C(O)C1COCCN1C(=O)C1CC1c1ccccc1. The van der Waals surface area contributed by atoms with Gasteiger partial charge in [0, 0.05) is 12.5 Å². The van der Waals surface area contributed by atoms with Gasteiger partial charge < -0.3 is 14.7 Å². The first kappa shape index (κ1) is 13.1. The van der Waals surface area contributed by atoms with E-state index in [1.54, 1.807) is 0 Å². The molecule has 3 unspecified atom stereocenters. The molecule has 1 saturated carbocycles. The number of carbonyl (C=O) groups excluding carboxylic acids is 1. The van der Waals surface area contributed by atoms with Crippen molar-refractivity contribution in [3.63, 3.8) is 0 Å². The summed E-state index contributed by atoms with van der Waals surface area (Å²) in [6.45, 7) is 0.871. The van der Waals surface area contributed by atoms with Crippen LogP contribution in [0.2, 0.25) is 0 Å². The normalized spacial score (nSPS) is 29.0. The van der Waals surface area contributed by atoms with Crippen molar-refractivity contribution in [3.8, 4) is 0 Å². The molecule has 5 heteroatoms. The zero-order valence-corrected chi connectivity index (χ0v) is 11.1. The van der Waals surface area contributed by atoms with Gasteiger partial charge in [-0.05, 0) is 17.9 Å². The Morgan fingerprint density at radius 1 is 1.25 bits per heavy atom. The maximum Gasteiger partial charge on any atom is 0.328 e. The molecule has 3 atom stereocenters. The van der Waals surface area contributed by atoms with Crippen molar-refractivity contribution in [2.24, 2.45) is 5.92 Å². The van der Waals surface area contributed by atoms with Gasteiger partial charge in [0.25, 0.3) is 0 Å². The monoisotopic (exact) mass is 275 g/mol. The maximum atomic E-state index is 12.5. The van der Waals surface area contributed by atoms with Crippen molar-refractivity contribution in [2.45, 2.75) is 18.4 Å². The summed E-state index contributed by atoms with van der Waals surface area (Å²) >= 11 is 0. The summed E-state index contributed by atoms with van der Waals surface area (Å²) in [5.74, 6) is -0.872. The number of morpholine rings is 1. The molecule has 1 aromatic rings. The fraction of sp³-hybridized carbons (Fsp3) is 0.467. The van der Waals surface area contributed by atoms with Crippen molar-refractivity contribution >= 4 is 11.9 Å². The highest BCUT2D eigenvalue weighted by molar-refractivity contribution is 5.88. The Morgan fingerprint density at radius 3 is 2.70 bits per heavy atom. The number of carboxylic acids is 1. The third-order valence-corrected chi connectivity index (χ3v) is 4.03. The number of aliphatic carboxylic acids is 1. The van der Waals surface area contributed by atoms with Crippen LogP contribution in [0.25, 0.3) is 0 Å². The van der Waals surface area contributed by atoms with Crippen molar-refractivity contribution in [3.05, 3.63) is 35.9 Å². The van der Waals surface area contributed by atoms with Crippen LogP contribution in [0, 0.1) is 5.92 Å². The van der Waals surface area contributed by atoms with E-state index < -0.39 is 12.0 Å². The summed E-state index contributed by atoms with van der Waals surface area (Å²) in [5.41, 5.74) is 1.16. The Hall–Kier alpha value is -1.88. The minimum absolute atomic E-state index is 0.0467. The van der Waals surface area contributed by atoms with Gasteiger partial charge in [0.15, 0.2) is 6.04 Å². The second kappa shape index (κ2) is 5.25. The van der Waals surface area contributed by atoms with Gasteiger partial charge >= 0.3 is 5.97 Å². The van der Waals surface area contributed by atoms with E-state index in [-0.39, 0.29) is 24.3 Å². The molecular formula is C15H17NO4. The molecule has 1 aliphatic heterocycles.